The van der Waals surface area contributed by atoms with Crippen molar-refractivity contribution < 1.29 is 4.42 Å². The fourth-order valence-corrected chi connectivity index (χ4v) is 3.74. The van der Waals surface area contributed by atoms with E-state index in [0.29, 0.717) is 22.4 Å². The van der Waals surface area contributed by atoms with Crippen molar-refractivity contribution >= 4 is 29.9 Å². The standard InChI is InChI=1S/C22H23ClN4OS/c23-20-11-5-4-10-19(20)21-24-27(22(29)28-21)17-26-15-13-25(14-16-26)12-6-9-18-7-2-1-3-8-18/h1-11H,12-17H2/b9-6+. The molecule has 3 aromatic rings. The Balaban J connectivity index is 1.30. The maximum absolute atomic E-state index is 6.24. The molecule has 0 spiro atoms. The summed E-state index contributed by atoms with van der Waals surface area (Å²) in [5.74, 6) is 0.463. The lowest BCUT2D eigenvalue weighted by Crippen LogP contribution is -2.46. The second-order valence-corrected chi connectivity index (χ2v) is 7.78. The van der Waals surface area contributed by atoms with Gasteiger partial charge in [-0.2, -0.15) is 0 Å². The molecule has 2 heterocycles. The molecule has 2 aromatic carbocycles. The number of benzene rings is 2. The van der Waals surface area contributed by atoms with Gasteiger partial charge in [-0.3, -0.25) is 9.80 Å². The van der Waals surface area contributed by atoms with Gasteiger partial charge in [0.15, 0.2) is 0 Å². The minimum Gasteiger partial charge on any atom is -0.409 e. The number of halogens is 1. The van der Waals surface area contributed by atoms with Crippen LogP contribution in [0.1, 0.15) is 5.56 Å². The van der Waals surface area contributed by atoms with Gasteiger partial charge in [0.1, 0.15) is 0 Å². The molecule has 0 atom stereocenters. The van der Waals surface area contributed by atoms with Gasteiger partial charge in [-0.25, -0.2) is 4.68 Å². The van der Waals surface area contributed by atoms with Crippen molar-refractivity contribution in [3.63, 3.8) is 0 Å². The number of nitrogens with zero attached hydrogens (tertiary/aromatic N) is 4. The van der Waals surface area contributed by atoms with Gasteiger partial charge in [0, 0.05) is 32.7 Å². The largest absolute Gasteiger partial charge is 0.409 e. The molecule has 4 rings (SSSR count). The van der Waals surface area contributed by atoms with Crippen molar-refractivity contribution in [3.8, 4) is 11.5 Å². The zero-order chi connectivity index (χ0) is 20.1. The monoisotopic (exact) mass is 426 g/mol. The Kier molecular flexibility index (Phi) is 6.56. The van der Waals surface area contributed by atoms with Crippen LogP contribution in [-0.4, -0.2) is 52.3 Å². The molecular formula is C22H23ClN4OS. The minimum absolute atomic E-state index is 0.369. The summed E-state index contributed by atoms with van der Waals surface area (Å²) < 4.78 is 7.41. The summed E-state index contributed by atoms with van der Waals surface area (Å²) in [6, 6.07) is 17.9. The first-order chi connectivity index (χ1) is 14.2. The molecule has 1 aliphatic heterocycles. The summed E-state index contributed by atoms with van der Waals surface area (Å²) in [6.07, 6.45) is 4.41. The van der Waals surface area contributed by atoms with Crippen molar-refractivity contribution in [1.82, 2.24) is 19.6 Å². The maximum Gasteiger partial charge on any atom is 0.288 e. The van der Waals surface area contributed by atoms with E-state index in [4.69, 9.17) is 28.2 Å². The molecule has 1 aromatic heterocycles. The zero-order valence-corrected chi connectivity index (χ0v) is 17.6. The minimum atomic E-state index is 0.369. The molecule has 29 heavy (non-hydrogen) atoms. The molecule has 0 saturated carbocycles. The van der Waals surface area contributed by atoms with E-state index in [1.54, 1.807) is 4.68 Å². The Labute approximate surface area is 180 Å². The third-order valence-corrected chi connectivity index (χ3v) is 5.61. The molecular weight excluding hydrogens is 404 g/mol. The van der Waals surface area contributed by atoms with E-state index in [1.165, 1.54) is 5.56 Å². The summed E-state index contributed by atoms with van der Waals surface area (Å²) in [4.78, 5) is 5.16. The summed E-state index contributed by atoms with van der Waals surface area (Å²) in [6.45, 7) is 5.55. The zero-order valence-electron chi connectivity index (χ0n) is 16.1. The maximum atomic E-state index is 6.24. The molecule has 5 nitrogen and oxygen atoms in total. The van der Waals surface area contributed by atoms with E-state index >= 15 is 0 Å². The quantitative estimate of drug-likeness (QED) is 0.528. The molecule has 1 saturated heterocycles. The van der Waals surface area contributed by atoms with Crippen LogP contribution in [0.4, 0.5) is 0 Å². The third-order valence-electron chi connectivity index (χ3n) is 4.98. The third kappa shape index (κ3) is 5.22. The number of rotatable bonds is 6. The van der Waals surface area contributed by atoms with Crippen molar-refractivity contribution in [2.24, 2.45) is 0 Å². The Bertz CT molecular complexity index is 1020. The van der Waals surface area contributed by atoms with Gasteiger partial charge in [-0.05, 0) is 29.9 Å². The molecule has 0 N–H and O–H groups in total. The Hall–Kier alpha value is -2.25. The topological polar surface area (TPSA) is 37.4 Å². The Morgan fingerprint density at radius 3 is 2.41 bits per heavy atom. The van der Waals surface area contributed by atoms with Gasteiger partial charge in [-0.15, -0.1) is 5.10 Å². The smallest absolute Gasteiger partial charge is 0.288 e. The molecule has 1 aliphatic rings. The highest BCUT2D eigenvalue weighted by Gasteiger charge is 2.18. The van der Waals surface area contributed by atoms with Crippen LogP contribution in [0.25, 0.3) is 17.5 Å². The second-order valence-electron chi connectivity index (χ2n) is 7.03. The lowest BCUT2D eigenvalue weighted by Gasteiger charge is -2.33. The summed E-state index contributed by atoms with van der Waals surface area (Å²) in [5, 5.41) is 5.14. The van der Waals surface area contributed by atoms with Crippen LogP contribution in [0, 0.1) is 4.84 Å². The van der Waals surface area contributed by atoms with Gasteiger partial charge >= 0.3 is 0 Å². The molecule has 0 aliphatic carbocycles. The first kappa shape index (κ1) is 20.0. The van der Waals surface area contributed by atoms with E-state index in [9.17, 15) is 0 Å². The molecule has 150 valence electrons. The number of piperazine rings is 1. The van der Waals surface area contributed by atoms with Crippen LogP contribution < -0.4 is 0 Å². The van der Waals surface area contributed by atoms with Crippen LogP contribution >= 0.6 is 23.8 Å². The van der Waals surface area contributed by atoms with Crippen molar-refractivity contribution in [1.29, 1.82) is 0 Å². The Morgan fingerprint density at radius 2 is 1.66 bits per heavy atom. The van der Waals surface area contributed by atoms with Gasteiger partial charge in [0.25, 0.3) is 4.84 Å². The van der Waals surface area contributed by atoms with Crippen molar-refractivity contribution in [2.75, 3.05) is 32.7 Å². The van der Waals surface area contributed by atoms with Crippen LogP contribution in [0.3, 0.4) is 0 Å². The van der Waals surface area contributed by atoms with Gasteiger partial charge in [-0.1, -0.05) is 66.2 Å². The number of hydrogen-bond donors (Lipinski definition) is 0. The molecule has 7 heteroatoms. The summed E-state index contributed by atoms with van der Waals surface area (Å²) in [5.41, 5.74) is 2.00. The SMILES string of the molecule is S=c1oc(-c2ccccc2Cl)nn1CN1CCN(C/C=C/c2ccccc2)CC1. The highest BCUT2D eigenvalue weighted by Crippen LogP contribution is 2.26. The first-order valence-electron chi connectivity index (χ1n) is 9.68. The summed E-state index contributed by atoms with van der Waals surface area (Å²) >= 11 is 11.6. The molecule has 0 radical (unpaired) electrons. The van der Waals surface area contributed by atoms with E-state index in [1.807, 2.05) is 30.3 Å². The van der Waals surface area contributed by atoms with Gasteiger partial charge in [0.2, 0.25) is 5.89 Å². The van der Waals surface area contributed by atoms with Crippen LogP contribution in [0.2, 0.25) is 5.02 Å². The van der Waals surface area contributed by atoms with Gasteiger partial charge in [0.05, 0.1) is 17.3 Å². The molecule has 0 bridgehead atoms. The molecule has 0 amide bonds. The van der Waals surface area contributed by atoms with Crippen LogP contribution in [0.5, 0.6) is 0 Å². The van der Waals surface area contributed by atoms with E-state index in [0.717, 1.165) is 38.3 Å². The predicted molar refractivity (Wildman–Crippen MR) is 119 cm³/mol. The van der Waals surface area contributed by atoms with Crippen LogP contribution in [-0.2, 0) is 6.67 Å². The lowest BCUT2D eigenvalue weighted by molar-refractivity contribution is 0.109. The first-order valence-corrected chi connectivity index (χ1v) is 10.5. The van der Waals surface area contributed by atoms with Crippen molar-refractivity contribution in [3.05, 3.63) is 76.1 Å². The predicted octanol–water partition coefficient (Wildman–Crippen LogP) is 4.81. The van der Waals surface area contributed by atoms with Crippen molar-refractivity contribution in [2.45, 2.75) is 6.67 Å². The fourth-order valence-electron chi connectivity index (χ4n) is 3.34. The molecule has 1 fully saturated rings. The number of hydrogen-bond acceptors (Lipinski definition) is 5. The Morgan fingerprint density at radius 1 is 0.966 bits per heavy atom. The summed E-state index contributed by atoms with van der Waals surface area (Å²) in [7, 11) is 0. The van der Waals surface area contributed by atoms with E-state index < -0.39 is 0 Å². The number of aromatic nitrogens is 2. The lowest BCUT2D eigenvalue weighted by atomic mass is 10.2. The second kappa shape index (κ2) is 9.50. The fraction of sp³-hybridized carbons (Fsp3) is 0.273. The highest BCUT2D eigenvalue weighted by molar-refractivity contribution is 7.71. The van der Waals surface area contributed by atoms with E-state index in [2.05, 4.69) is 51.3 Å². The average molecular weight is 427 g/mol. The van der Waals surface area contributed by atoms with Gasteiger partial charge < -0.3 is 4.42 Å². The van der Waals surface area contributed by atoms with Crippen LogP contribution in [0.15, 0.2) is 65.1 Å². The average Bonchev–Trinajstić information content (AvgIpc) is 3.10. The highest BCUT2D eigenvalue weighted by atomic mass is 35.5. The van der Waals surface area contributed by atoms with E-state index in [-0.39, 0.29) is 0 Å². The normalized spacial score (nSPS) is 15.9. The molecule has 0 unspecified atom stereocenters.